The van der Waals surface area contributed by atoms with Crippen LogP contribution in [0.25, 0.3) is 0 Å². The van der Waals surface area contributed by atoms with E-state index in [4.69, 9.17) is 10.8 Å². The SMILES string of the molecule is NC(=O)CCC(NC(=O)C(CCC(=O)O)NC(=O)C1CCCN1)C(=O)NC(Cc1cnc[nH]1)C(=O)O. The van der Waals surface area contributed by atoms with Gasteiger partial charge in [0, 0.05) is 31.2 Å². The largest absolute Gasteiger partial charge is 0.481 e. The summed E-state index contributed by atoms with van der Waals surface area (Å²) in [6.45, 7) is 0.628. The molecule has 1 aromatic rings. The summed E-state index contributed by atoms with van der Waals surface area (Å²) in [5.74, 6) is -5.51. The first-order valence-electron chi connectivity index (χ1n) is 11.4. The summed E-state index contributed by atoms with van der Waals surface area (Å²) < 4.78 is 0. The Hall–Kier alpha value is -4.01. The minimum absolute atomic E-state index is 0.122. The average molecular weight is 510 g/mol. The number of nitrogens with zero attached hydrogens (tertiary/aromatic N) is 1. The molecular formula is C21H31N7O8. The van der Waals surface area contributed by atoms with E-state index in [0.29, 0.717) is 18.7 Å². The molecule has 2 rings (SSSR count). The highest BCUT2D eigenvalue weighted by Crippen LogP contribution is 2.08. The lowest BCUT2D eigenvalue weighted by molar-refractivity contribution is -0.142. The highest BCUT2D eigenvalue weighted by Gasteiger charge is 2.32. The van der Waals surface area contributed by atoms with Crippen molar-refractivity contribution < 1.29 is 39.0 Å². The molecule has 15 nitrogen and oxygen atoms in total. The number of imidazole rings is 1. The van der Waals surface area contributed by atoms with Gasteiger partial charge in [-0.3, -0.25) is 24.0 Å². The quantitative estimate of drug-likeness (QED) is 0.122. The molecule has 1 aromatic heterocycles. The molecule has 0 aromatic carbocycles. The van der Waals surface area contributed by atoms with E-state index in [9.17, 15) is 33.9 Å². The van der Waals surface area contributed by atoms with Crippen LogP contribution in [0.15, 0.2) is 12.5 Å². The zero-order chi connectivity index (χ0) is 26.7. The van der Waals surface area contributed by atoms with Gasteiger partial charge in [-0.25, -0.2) is 9.78 Å². The monoisotopic (exact) mass is 509 g/mol. The van der Waals surface area contributed by atoms with Crippen molar-refractivity contribution in [3.05, 3.63) is 18.2 Å². The molecule has 36 heavy (non-hydrogen) atoms. The summed E-state index contributed by atoms with van der Waals surface area (Å²) in [6.07, 6.45) is 2.72. The third-order valence-corrected chi connectivity index (χ3v) is 5.56. The van der Waals surface area contributed by atoms with E-state index < -0.39 is 66.2 Å². The van der Waals surface area contributed by atoms with Crippen LogP contribution < -0.4 is 27.0 Å². The molecule has 198 valence electrons. The predicted molar refractivity (Wildman–Crippen MR) is 122 cm³/mol. The number of carbonyl (C=O) groups excluding carboxylic acids is 4. The zero-order valence-electron chi connectivity index (χ0n) is 19.5. The number of primary amides is 1. The number of carboxylic acid groups (broad SMARTS) is 2. The molecule has 2 heterocycles. The normalized spacial score (nSPS) is 17.4. The molecule has 0 radical (unpaired) electrons. The van der Waals surface area contributed by atoms with Crippen molar-refractivity contribution in [3.63, 3.8) is 0 Å². The van der Waals surface area contributed by atoms with Crippen LogP contribution >= 0.6 is 0 Å². The van der Waals surface area contributed by atoms with Crippen LogP contribution in [0.1, 0.15) is 44.2 Å². The van der Waals surface area contributed by atoms with Crippen molar-refractivity contribution in [2.24, 2.45) is 5.73 Å². The van der Waals surface area contributed by atoms with Crippen molar-refractivity contribution in [1.82, 2.24) is 31.2 Å². The number of aliphatic carboxylic acids is 2. The Kier molecular flexibility index (Phi) is 10.8. The number of rotatable bonds is 15. The van der Waals surface area contributed by atoms with Gasteiger partial charge >= 0.3 is 11.9 Å². The zero-order valence-corrected chi connectivity index (χ0v) is 19.5. The lowest BCUT2D eigenvalue weighted by Gasteiger charge is -2.25. The molecule has 1 aliphatic heterocycles. The highest BCUT2D eigenvalue weighted by molar-refractivity contribution is 5.94. The summed E-state index contributed by atoms with van der Waals surface area (Å²) in [5, 5.41) is 28.7. The Morgan fingerprint density at radius 3 is 2.17 bits per heavy atom. The molecule has 0 spiro atoms. The molecule has 1 fully saturated rings. The number of carboxylic acids is 2. The van der Waals surface area contributed by atoms with Crippen molar-refractivity contribution in [3.8, 4) is 0 Å². The van der Waals surface area contributed by atoms with Crippen LogP contribution in [0.4, 0.5) is 0 Å². The highest BCUT2D eigenvalue weighted by atomic mass is 16.4. The van der Waals surface area contributed by atoms with Gasteiger partial charge < -0.3 is 42.2 Å². The molecule has 1 saturated heterocycles. The van der Waals surface area contributed by atoms with Gasteiger partial charge in [0.15, 0.2) is 0 Å². The van der Waals surface area contributed by atoms with Crippen LogP contribution in [-0.4, -0.2) is 86.5 Å². The van der Waals surface area contributed by atoms with Gasteiger partial charge in [0.2, 0.25) is 23.6 Å². The van der Waals surface area contributed by atoms with Crippen molar-refractivity contribution >= 4 is 35.6 Å². The summed E-state index contributed by atoms with van der Waals surface area (Å²) >= 11 is 0. The lowest BCUT2D eigenvalue weighted by Crippen LogP contribution is -2.57. The van der Waals surface area contributed by atoms with Crippen molar-refractivity contribution in [2.45, 2.75) is 69.1 Å². The van der Waals surface area contributed by atoms with E-state index in [0.717, 1.165) is 6.42 Å². The molecule has 9 N–H and O–H groups in total. The van der Waals surface area contributed by atoms with Gasteiger partial charge in [0.1, 0.15) is 18.1 Å². The second kappa shape index (κ2) is 13.8. The first kappa shape index (κ1) is 28.2. The van der Waals surface area contributed by atoms with E-state index in [1.807, 2.05) is 0 Å². The summed E-state index contributed by atoms with van der Waals surface area (Å²) in [7, 11) is 0. The first-order chi connectivity index (χ1) is 17.1. The molecule has 4 atom stereocenters. The van der Waals surface area contributed by atoms with Gasteiger partial charge in [-0.1, -0.05) is 0 Å². The van der Waals surface area contributed by atoms with Crippen molar-refractivity contribution in [1.29, 1.82) is 0 Å². The maximum atomic E-state index is 13.0. The topological polar surface area (TPSA) is 246 Å². The fourth-order valence-corrected chi connectivity index (χ4v) is 3.63. The predicted octanol–water partition coefficient (Wildman–Crippen LogP) is -2.63. The maximum Gasteiger partial charge on any atom is 0.326 e. The van der Waals surface area contributed by atoms with Crippen LogP contribution in [-0.2, 0) is 35.2 Å². The molecule has 1 aliphatic rings. The number of nitrogens with two attached hydrogens (primary N) is 1. The third-order valence-electron chi connectivity index (χ3n) is 5.56. The third kappa shape index (κ3) is 9.32. The molecule has 4 amide bonds. The Morgan fingerprint density at radius 1 is 1.00 bits per heavy atom. The maximum absolute atomic E-state index is 13.0. The molecule has 0 bridgehead atoms. The van der Waals surface area contributed by atoms with Gasteiger partial charge in [-0.05, 0) is 32.2 Å². The number of aromatic nitrogens is 2. The Morgan fingerprint density at radius 2 is 1.64 bits per heavy atom. The smallest absolute Gasteiger partial charge is 0.326 e. The van der Waals surface area contributed by atoms with Gasteiger partial charge in [-0.15, -0.1) is 0 Å². The second-order valence-corrected chi connectivity index (χ2v) is 8.39. The van der Waals surface area contributed by atoms with E-state index in [1.165, 1.54) is 12.5 Å². The molecule has 0 aliphatic carbocycles. The molecule has 15 heteroatoms. The lowest BCUT2D eigenvalue weighted by atomic mass is 10.1. The number of hydrogen-bond donors (Lipinski definition) is 8. The Labute approximate surface area is 206 Å². The van der Waals surface area contributed by atoms with Gasteiger partial charge in [-0.2, -0.15) is 0 Å². The van der Waals surface area contributed by atoms with E-state index in [2.05, 4.69) is 31.2 Å². The van der Waals surface area contributed by atoms with Gasteiger partial charge in [0.25, 0.3) is 0 Å². The number of carbonyl (C=O) groups is 6. The average Bonchev–Trinajstić information content (AvgIpc) is 3.52. The van der Waals surface area contributed by atoms with Crippen LogP contribution in [0.3, 0.4) is 0 Å². The first-order valence-corrected chi connectivity index (χ1v) is 11.4. The fraction of sp³-hybridized carbons (Fsp3) is 0.571. The Bertz CT molecular complexity index is 946. The number of nitrogens with one attached hydrogen (secondary N) is 5. The molecule has 0 saturated carbocycles. The number of H-pyrrole nitrogens is 1. The fourth-order valence-electron chi connectivity index (χ4n) is 3.63. The van der Waals surface area contributed by atoms with Crippen LogP contribution in [0, 0.1) is 0 Å². The number of amides is 4. The minimum atomic E-state index is -1.37. The summed E-state index contributed by atoms with van der Waals surface area (Å²) in [4.78, 5) is 78.9. The van der Waals surface area contributed by atoms with E-state index in [1.54, 1.807) is 0 Å². The minimum Gasteiger partial charge on any atom is -0.481 e. The van der Waals surface area contributed by atoms with Crippen LogP contribution in [0.2, 0.25) is 0 Å². The number of aromatic amines is 1. The summed E-state index contributed by atoms with van der Waals surface area (Å²) in [6, 6.07) is -4.55. The molecular weight excluding hydrogens is 478 g/mol. The van der Waals surface area contributed by atoms with E-state index >= 15 is 0 Å². The van der Waals surface area contributed by atoms with Gasteiger partial charge in [0.05, 0.1) is 12.4 Å². The second-order valence-electron chi connectivity index (χ2n) is 8.39. The summed E-state index contributed by atoms with van der Waals surface area (Å²) in [5.41, 5.74) is 5.61. The van der Waals surface area contributed by atoms with E-state index in [-0.39, 0.29) is 25.7 Å². The Balaban J connectivity index is 2.13. The van der Waals surface area contributed by atoms with Crippen LogP contribution in [0.5, 0.6) is 0 Å². The standard InChI is InChI=1S/C21H31N7O8/c22-16(29)5-3-13(20(34)28-15(21(35)36)8-11-9-23-10-25-11)27-19(33)14(4-6-17(30)31)26-18(32)12-2-1-7-24-12/h9-10,12-15,24H,1-8H2,(H2,22,29)(H,23,25)(H,26,32)(H,27,33)(H,28,34)(H,30,31)(H,35,36). The van der Waals surface area contributed by atoms with Crippen molar-refractivity contribution in [2.75, 3.05) is 6.54 Å². The number of hydrogen-bond acceptors (Lipinski definition) is 8. The molecule has 4 unspecified atom stereocenters.